The quantitative estimate of drug-likeness (QED) is 0.189. The number of carbonyl (C=O) groups excluding carboxylic acids is 1. The van der Waals surface area contributed by atoms with Crippen molar-refractivity contribution in [3.05, 3.63) is 53.5 Å². The zero-order valence-electron chi connectivity index (χ0n) is 17.2. The Morgan fingerprint density at radius 3 is 2.48 bits per heavy atom. The summed E-state index contributed by atoms with van der Waals surface area (Å²) in [5.74, 6) is 0.185. The first kappa shape index (κ1) is 26.6. The molecule has 0 saturated heterocycles. The number of halogens is 4. The van der Waals surface area contributed by atoms with Gasteiger partial charge in [-0.3, -0.25) is 4.79 Å². The fraction of sp³-hybridized carbons (Fsp3) is 0.400. The molecule has 1 amide bonds. The zero-order chi connectivity index (χ0) is 22.0. The van der Waals surface area contributed by atoms with Gasteiger partial charge < -0.3 is 25.1 Å². The molecule has 0 saturated carbocycles. The van der Waals surface area contributed by atoms with Crippen LogP contribution in [0.25, 0.3) is 0 Å². The van der Waals surface area contributed by atoms with Crippen molar-refractivity contribution in [2.75, 3.05) is 19.6 Å². The standard InChI is InChI=1S/C20H25F3N4O3.HI/c1-3-24-19(26-11-6-10-25-18(28)17-14(2)9-12-29-17)27-13-15-7-4-5-8-16(15)30-20(21,22)23;/h4-5,7-9,12H,3,6,10-11,13H2,1-2H3,(H,25,28)(H2,24,26,27);1H. The van der Waals surface area contributed by atoms with E-state index in [1.165, 1.54) is 24.5 Å². The third kappa shape index (κ3) is 9.49. The largest absolute Gasteiger partial charge is 0.573 e. The number of amides is 1. The number of ether oxygens (including phenoxy) is 1. The van der Waals surface area contributed by atoms with Crippen LogP contribution in [0.2, 0.25) is 0 Å². The van der Waals surface area contributed by atoms with E-state index in [0.717, 1.165) is 5.56 Å². The van der Waals surface area contributed by atoms with Crippen molar-refractivity contribution in [2.45, 2.75) is 33.2 Å². The Hall–Kier alpha value is -2.44. The number of aliphatic imine (C=N–C) groups is 1. The number of nitrogens with zero attached hydrogens (tertiary/aromatic N) is 1. The summed E-state index contributed by atoms with van der Waals surface area (Å²) in [5, 5.41) is 8.87. The Labute approximate surface area is 195 Å². The van der Waals surface area contributed by atoms with Gasteiger partial charge in [0.2, 0.25) is 0 Å². The molecule has 0 aliphatic rings. The Kier molecular flexibility index (Phi) is 11.2. The average molecular weight is 554 g/mol. The molecule has 31 heavy (non-hydrogen) atoms. The van der Waals surface area contributed by atoms with E-state index in [1.54, 1.807) is 19.1 Å². The van der Waals surface area contributed by atoms with E-state index < -0.39 is 6.36 Å². The monoisotopic (exact) mass is 554 g/mol. The number of alkyl halides is 3. The topological polar surface area (TPSA) is 87.9 Å². The smallest absolute Gasteiger partial charge is 0.459 e. The maximum absolute atomic E-state index is 12.5. The number of carbonyl (C=O) groups is 1. The first-order chi connectivity index (χ1) is 14.3. The average Bonchev–Trinajstić information content (AvgIpc) is 3.11. The molecule has 11 heteroatoms. The minimum atomic E-state index is -4.76. The number of guanidine groups is 1. The van der Waals surface area contributed by atoms with E-state index in [2.05, 4.69) is 25.7 Å². The summed E-state index contributed by atoms with van der Waals surface area (Å²) in [6.07, 6.45) is -2.69. The molecule has 2 aromatic rings. The number of rotatable bonds is 9. The van der Waals surface area contributed by atoms with Crippen LogP contribution in [0.4, 0.5) is 13.2 Å². The Morgan fingerprint density at radius 1 is 1.13 bits per heavy atom. The molecule has 0 radical (unpaired) electrons. The van der Waals surface area contributed by atoms with Gasteiger partial charge in [-0.1, -0.05) is 18.2 Å². The Bertz CT molecular complexity index is 856. The molecule has 0 atom stereocenters. The number of hydrogen-bond acceptors (Lipinski definition) is 4. The summed E-state index contributed by atoms with van der Waals surface area (Å²) in [5.41, 5.74) is 1.08. The zero-order valence-corrected chi connectivity index (χ0v) is 19.5. The first-order valence-corrected chi connectivity index (χ1v) is 9.48. The molecule has 3 N–H and O–H groups in total. The molecule has 1 aromatic carbocycles. The van der Waals surface area contributed by atoms with Crippen molar-refractivity contribution in [2.24, 2.45) is 4.99 Å². The van der Waals surface area contributed by atoms with E-state index in [4.69, 9.17) is 4.42 Å². The molecule has 172 valence electrons. The van der Waals surface area contributed by atoms with Gasteiger partial charge in [0.25, 0.3) is 5.91 Å². The normalized spacial score (nSPS) is 11.5. The fourth-order valence-corrected chi connectivity index (χ4v) is 2.55. The van der Waals surface area contributed by atoms with Crippen LogP contribution in [0.5, 0.6) is 5.75 Å². The van der Waals surface area contributed by atoms with Gasteiger partial charge in [0.15, 0.2) is 11.7 Å². The van der Waals surface area contributed by atoms with Crippen LogP contribution in [0, 0.1) is 6.92 Å². The number of para-hydroxylation sites is 1. The molecule has 7 nitrogen and oxygen atoms in total. The van der Waals surface area contributed by atoms with Crippen LogP contribution < -0.4 is 20.7 Å². The van der Waals surface area contributed by atoms with Gasteiger partial charge in [-0.15, -0.1) is 37.1 Å². The van der Waals surface area contributed by atoms with E-state index >= 15 is 0 Å². The molecule has 0 aliphatic heterocycles. The molecule has 1 heterocycles. The van der Waals surface area contributed by atoms with Gasteiger partial charge in [0.05, 0.1) is 12.8 Å². The van der Waals surface area contributed by atoms with E-state index in [0.29, 0.717) is 37.6 Å². The van der Waals surface area contributed by atoms with Gasteiger partial charge in [-0.25, -0.2) is 4.99 Å². The molecule has 2 rings (SSSR count). The van der Waals surface area contributed by atoms with Crippen molar-refractivity contribution in [1.82, 2.24) is 16.0 Å². The van der Waals surface area contributed by atoms with E-state index in [1.807, 2.05) is 6.92 Å². The van der Waals surface area contributed by atoms with Crippen molar-refractivity contribution in [3.63, 3.8) is 0 Å². The van der Waals surface area contributed by atoms with Crippen LogP contribution in [0.1, 0.15) is 35.0 Å². The van der Waals surface area contributed by atoms with Crippen molar-refractivity contribution < 1.29 is 27.1 Å². The molecule has 1 aromatic heterocycles. The lowest BCUT2D eigenvalue weighted by Gasteiger charge is -2.14. The van der Waals surface area contributed by atoms with Crippen LogP contribution in [0.15, 0.2) is 46.0 Å². The minimum absolute atomic E-state index is 0. The lowest BCUT2D eigenvalue weighted by Crippen LogP contribution is -2.38. The summed E-state index contributed by atoms with van der Waals surface area (Å²) >= 11 is 0. The number of nitrogens with one attached hydrogen (secondary N) is 3. The van der Waals surface area contributed by atoms with E-state index in [-0.39, 0.29) is 47.9 Å². The van der Waals surface area contributed by atoms with Crippen molar-refractivity contribution in [1.29, 1.82) is 0 Å². The summed E-state index contributed by atoms with van der Waals surface area (Å²) < 4.78 is 46.8. The highest BCUT2D eigenvalue weighted by molar-refractivity contribution is 14.0. The first-order valence-electron chi connectivity index (χ1n) is 9.48. The second-order valence-electron chi connectivity index (χ2n) is 6.32. The summed E-state index contributed by atoms with van der Waals surface area (Å²) in [6.45, 7) is 5.19. The Balaban J connectivity index is 0.00000480. The summed E-state index contributed by atoms with van der Waals surface area (Å²) in [7, 11) is 0. The van der Waals surface area contributed by atoms with Crippen molar-refractivity contribution in [3.8, 4) is 5.75 Å². The highest BCUT2D eigenvalue weighted by Gasteiger charge is 2.31. The highest BCUT2D eigenvalue weighted by Crippen LogP contribution is 2.26. The second kappa shape index (κ2) is 13.1. The van der Waals surface area contributed by atoms with Crippen LogP contribution in [-0.2, 0) is 6.54 Å². The highest BCUT2D eigenvalue weighted by atomic mass is 127. The lowest BCUT2D eigenvalue weighted by atomic mass is 10.2. The number of aryl methyl sites for hydroxylation is 1. The summed E-state index contributed by atoms with van der Waals surface area (Å²) in [6, 6.07) is 7.59. The third-order valence-electron chi connectivity index (χ3n) is 3.95. The molecule has 0 aliphatic carbocycles. The Morgan fingerprint density at radius 2 is 1.84 bits per heavy atom. The molecular weight excluding hydrogens is 528 g/mol. The second-order valence-corrected chi connectivity index (χ2v) is 6.32. The summed E-state index contributed by atoms with van der Waals surface area (Å²) in [4.78, 5) is 16.3. The predicted molar refractivity (Wildman–Crippen MR) is 122 cm³/mol. The van der Waals surface area contributed by atoms with E-state index in [9.17, 15) is 18.0 Å². The molecule has 0 bridgehead atoms. The van der Waals surface area contributed by atoms with Gasteiger partial charge in [-0.2, -0.15) is 0 Å². The van der Waals surface area contributed by atoms with Crippen LogP contribution in [-0.4, -0.2) is 37.9 Å². The fourth-order valence-electron chi connectivity index (χ4n) is 2.55. The predicted octanol–water partition coefficient (Wildman–Crippen LogP) is 3.98. The molecule has 0 unspecified atom stereocenters. The number of benzene rings is 1. The maximum atomic E-state index is 12.5. The van der Waals surface area contributed by atoms with Gasteiger partial charge >= 0.3 is 6.36 Å². The SMILES string of the molecule is CCNC(=NCc1ccccc1OC(F)(F)F)NCCCNC(=O)c1occc1C.I. The van der Waals surface area contributed by atoms with Gasteiger partial charge in [-0.05, 0) is 32.4 Å². The van der Waals surface area contributed by atoms with Gasteiger partial charge in [0.1, 0.15) is 5.75 Å². The lowest BCUT2D eigenvalue weighted by molar-refractivity contribution is -0.274. The third-order valence-corrected chi connectivity index (χ3v) is 3.95. The molecule has 0 spiro atoms. The maximum Gasteiger partial charge on any atom is 0.573 e. The number of furan rings is 1. The molecular formula is C20H26F3IN4O3. The molecule has 0 fully saturated rings. The van der Waals surface area contributed by atoms with Gasteiger partial charge in [0, 0.05) is 30.8 Å². The number of hydrogen-bond donors (Lipinski definition) is 3. The van der Waals surface area contributed by atoms with Crippen molar-refractivity contribution >= 4 is 35.8 Å². The van der Waals surface area contributed by atoms with Crippen LogP contribution in [0.3, 0.4) is 0 Å². The van der Waals surface area contributed by atoms with Crippen LogP contribution >= 0.6 is 24.0 Å². The minimum Gasteiger partial charge on any atom is -0.459 e.